The first-order chi connectivity index (χ1) is 18.1. The van der Waals surface area contributed by atoms with Gasteiger partial charge in [-0.05, 0) is 48.9 Å². The molecule has 0 spiro atoms. The van der Waals surface area contributed by atoms with Crippen LogP contribution in [0.3, 0.4) is 0 Å². The largest absolute Gasteiger partial charge is 0.457 e. The Hall–Kier alpha value is -3.94. The number of benzene rings is 3. The molecule has 37 heavy (non-hydrogen) atoms. The molecule has 1 amide bonds. The van der Waals surface area contributed by atoms with Crippen molar-refractivity contribution in [2.24, 2.45) is 0 Å². The van der Waals surface area contributed by atoms with E-state index in [-0.39, 0.29) is 17.1 Å². The summed E-state index contributed by atoms with van der Waals surface area (Å²) in [6.07, 6.45) is 0. The summed E-state index contributed by atoms with van der Waals surface area (Å²) in [7, 11) is 0. The van der Waals surface area contributed by atoms with E-state index in [0.29, 0.717) is 54.3 Å². The van der Waals surface area contributed by atoms with Crippen LogP contribution in [-0.4, -0.2) is 55.1 Å². The lowest BCUT2D eigenvalue weighted by molar-refractivity contribution is 0.0314. The maximum absolute atomic E-state index is 13.8. The van der Waals surface area contributed by atoms with E-state index in [0.717, 1.165) is 24.2 Å². The number of rotatable bonds is 6. The van der Waals surface area contributed by atoms with Gasteiger partial charge in [-0.3, -0.25) is 14.5 Å². The minimum atomic E-state index is -0.566. The Morgan fingerprint density at radius 1 is 0.892 bits per heavy atom. The van der Waals surface area contributed by atoms with E-state index < -0.39 is 6.04 Å². The van der Waals surface area contributed by atoms with Crippen molar-refractivity contribution in [3.63, 3.8) is 0 Å². The normalized spacial score (nSPS) is 17.8. The third-order valence-electron chi connectivity index (χ3n) is 7.03. The standard InChI is InChI=1S/C30H28N2O5/c1-20-10-11-25-24(18-20)28(33)26-27(21-6-5-9-23(19-21)36-22-7-3-2-4-8-22)32(30(34)29(26)37-25)13-12-31-14-16-35-17-15-31/h2-11,18-19,27H,12-17H2,1H3. The van der Waals surface area contributed by atoms with E-state index in [1.807, 2.05) is 73.7 Å². The highest BCUT2D eigenvalue weighted by Crippen LogP contribution is 2.39. The van der Waals surface area contributed by atoms with Crippen molar-refractivity contribution in [3.8, 4) is 11.5 Å². The maximum Gasteiger partial charge on any atom is 0.290 e. The summed E-state index contributed by atoms with van der Waals surface area (Å²) in [6.45, 7) is 6.09. The number of nitrogens with zero attached hydrogens (tertiary/aromatic N) is 2. The van der Waals surface area contributed by atoms with Crippen molar-refractivity contribution in [2.45, 2.75) is 13.0 Å². The molecule has 1 saturated heterocycles. The molecule has 2 aliphatic heterocycles. The summed E-state index contributed by atoms with van der Waals surface area (Å²) in [5.74, 6) is 1.22. The van der Waals surface area contributed by atoms with E-state index in [2.05, 4.69) is 4.90 Å². The number of ether oxygens (including phenoxy) is 2. The molecule has 188 valence electrons. The molecule has 3 aromatic carbocycles. The molecular weight excluding hydrogens is 468 g/mol. The van der Waals surface area contributed by atoms with Crippen LogP contribution in [0.1, 0.15) is 33.3 Å². The lowest BCUT2D eigenvalue weighted by atomic mass is 9.98. The fourth-order valence-electron chi connectivity index (χ4n) is 5.16. The fraction of sp³-hybridized carbons (Fsp3) is 0.267. The first kappa shape index (κ1) is 23.5. The Morgan fingerprint density at radius 2 is 1.68 bits per heavy atom. The summed E-state index contributed by atoms with van der Waals surface area (Å²) < 4.78 is 17.6. The highest BCUT2D eigenvalue weighted by Gasteiger charge is 2.42. The van der Waals surface area contributed by atoms with Crippen LogP contribution in [0.15, 0.2) is 82.0 Å². The van der Waals surface area contributed by atoms with Gasteiger partial charge in [0.05, 0.1) is 30.2 Å². The lowest BCUT2D eigenvalue weighted by Crippen LogP contribution is -2.42. The van der Waals surface area contributed by atoms with Gasteiger partial charge >= 0.3 is 0 Å². The molecule has 3 heterocycles. The van der Waals surface area contributed by atoms with Crippen LogP contribution in [0.25, 0.3) is 11.0 Å². The summed E-state index contributed by atoms with van der Waals surface area (Å²) in [4.78, 5) is 31.6. The van der Waals surface area contributed by atoms with Crippen LogP contribution in [0.5, 0.6) is 11.5 Å². The minimum absolute atomic E-state index is 0.128. The molecule has 1 aromatic heterocycles. The van der Waals surface area contributed by atoms with E-state index in [4.69, 9.17) is 13.9 Å². The molecule has 6 rings (SSSR count). The predicted molar refractivity (Wildman–Crippen MR) is 140 cm³/mol. The number of hydrogen-bond acceptors (Lipinski definition) is 6. The summed E-state index contributed by atoms with van der Waals surface area (Å²) in [5, 5.41) is 0.489. The molecule has 0 bridgehead atoms. The summed E-state index contributed by atoms with van der Waals surface area (Å²) >= 11 is 0. The zero-order valence-electron chi connectivity index (χ0n) is 20.7. The van der Waals surface area contributed by atoms with E-state index in [1.165, 1.54) is 0 Å². The molecule has 7 heteroatoms. The predicted octanol–water partition coefficient (Wildman–Crippen LogP) is 4.77. The Labute approximate surface area is 214 Å². The van der Waals surface area contributed by atoms with Gasteiger partial charge in [0.2, 0.25) is 5.76 Å². The first-order valence-corrected chi connectivity index (χ1v) is 12.6. The van der Waals surface area contributed by atoms with Gasteiger partial charge in [-0.25, -0.2) is 0 Å². The zero-order chi connectivity index (χ0) is 25.4. The molecule has 0 N–H and O–H groups in total. The van der Waals surface area contributed by atoms with Gasteiger partial charge in [-0.2, -0.15) is 0 Å². The summed E-state index contributed by atoms with van der Waals surface area (Å²) in [5.41, 5.74) is 2.42. The van der Waals surface area contributed by atoms with E-state index >= 15 is 0 Å². The maximum atomic E-state index is 13.8. The quantitative estimate of drug-likeness (QED) is 0.383. The molecule has 1 atom stereocenters. The number of hydrogen-bond donors (Lipinski definition) is 0. The molecule has 0 radical (unpaired) electrons. The number of fused-ring (bicyclic) bond motifs is 2. The molecular formula is C30H28N2O5. The number of carbonyl (C=O) groups is 1. The Balaban J connectivity index is 1.43. The molecule has 0 saturated carbocycles. The van der Waals surface area contributed by atoms with Crippen molar-refractivity contribution < 1.29 is 18.7 Å². The Morgan fingerprint density at radius 3 is 2.49 bits per heavy atom. The van der Waals surface area contributed by atoms with Crippen LogP contribution >= 0.6 is 0 Å². The van der Waals surface area contributed by atoms with Crippen molar-refractivity contribution in [3.05, 3.63) is 105 Å². The smallest absolute Gasteiger partial charge is 0.290 e. The topological polar surface area (TPSA) is 72.2 Å². The van der Waals surface area contributed by atoms with Crippen LogP contribution < -0.4 is 10.2 Å². The zero-order valence-corrected chi connectivity index (χ0v) is 20.7. The minimum Gasteiger partial charge on any atom is -0.457 e. The highest BCUT2D eigenvalue weighted by molar-refractivity contribution is 5.99. The Kier molecular flexibility index (Phi) is 6.24. The van der Waals surface area contributed by atoms with E-state index in [1.54, 1.807) is 11.0 Å². The fourth-order valence-corrected chi connectivity index (χ4v) is 5.16. The molecule has 1 fully saturated rings. The second-order valence-corrected chi connectivity index (χ2v) is 9.52. The SMILES string of the molecule is Cc1ccc2oc3c(c(=O)c2c1)C(c1cccc(Oc2ccccc2)c1)N(CCN1CCOCC1)C3=O. The second kappa shape index (κ2) is 9.84. The summed E-state index contributed by atoms with van der Waals surface area (Å²) in [6, 6.07) is 22.1. The number of aryl methyl sites for hydroxylation is 1. The van der Waals surface area contributed by atoms with Crippen molar-refractivity contribution >= 4 is 16.9 Å². The third kappa shape index (κ3) is 4.52. The van der Waals surface area contributed by atoms with Gasteiger partial charge in [-0.15, -0.1) is 0 Å². The van der Waals surface area contributed by atoms with Crippen LogP contribution in [0.4, 0.5) is 0 Å². The van der Waals surface area contributed by atoms with Gasteiger partial charge in [0.1, 0.15) is 17.1 Å². The monoisotopic (exact) mass is 496 g/mol. The number of para-hydroxylation sites is 1. The molecule has 1 unspecified atom stereocenters. The highest BCUT2D eigenvalue weighted by atomic mass is 16.5. The number of amides is 1. The molecule has 7 nitrogen and oxygen atoms in total. The molecule has 4 aromatic rings. The van der Waals surface area contributed by atoms with Crippen molar-refractivity contribution in [2.75, 3.05) is 39.4 Å². The average molecular weight is 497 g/mol. The Bertz CT molecular complexity index is 1510. The van der Waals surface area contributed by atoms with Gasteiger partial charge in [0.25, 0.3) is 5.91 Å². The van der Waals surface area contributed by atoms with Crippen molar-refractivity contribution in [1.82, 2.24) is 9.80 Å². The van der Waals surface area contributed by atoms with Crippen LogP contribution in [0.2, 0.25) is 0 Å². The van der Waals surface area contributed by atoms with Gasteiger partial charge < -0.3 is 18.8 Å². The molecule has 0 aliphatic carbocycles. The average Bonchev–Trinajstić information content (AvgIpc) is 3.21. The number of carbonyl (C=O) groups excluding carboxylic acids is 1. The van der Waals surface area contributed by atoms with Gasteiger partial charge in [-0.1, -0.05) is 42.0 Å². The first-order valence-electron chi connectivity index (χ1n) is 12.6. The number of morpholine rings is 1. The van der Waals surface area contributed by atoms with Gasteiger partial charge in [0, 0.05) is 26.2 Å². The van der Waals surface area contributed by atoms with E-state index in [9.17, 15) is 9.59 Å². The third-order valence-corrected chi connectivity index (χ3v) is 7.03. The van der Waals surface area contributed by atoms with Crippen molar-refractivity contribution in [1.29, 1.82) is 0 Å². The second-order valence-electron chi connectivity index (χ2n) is 9.52. The molecule has 2 aliphatic rings. The van der Waals surface area contributed by atoms with Crippen LogP contribution in [-0.2, 0) is 4.74 Å². The van der Waals surface area contributed by atoms with Gasteiger partial charge in [0.15, 0.2) is 5.43 Å². The lowest BCUT2D eigenvalue weighted by Gasteiger charge is -2.31. The van der Waals surface area contributed by atoms with Crippen LogP contribution in [0, 0.1) is 6.92 Å².